The second-order valence-corrected chi connectivity index (χ2v) is 7.69. The summed E-state index contributed by atoms with van der Waals surface area (Å²) in [5.74, 6) is 0.392. The van der Waals surface area contributed by atoms with Crippen molar-refractivity contribution in [3.63, 3.8) is 0 Å². The Balaban J connectivity index is 5.10. The summed E-state index contributed by atoms with van der Waals surface area (Å²) in [6.45, 7) is 16.4. The third-order valence-electron chi connectivity index (χ3n) is 5.84. The van der Waals surface area contributed by atoms with Gasteiger partial charge in [0.15, 0.2) is 0 Å². The molecule has 0 rings (SSSR count). The zero-order chi connectivity index (χ0) is 19.8. The number of carbonyl (C=O) groups is 1. The second kappa shape index (κ2) is 16.6. The molecule has 2 atom stereocenters. The SMILES string of the molecule is CCCCCC(CC)N(C(=O)CCN(CC)CC)C(CC)CCCCC. The minimum absolute atomic E-state index is 0.392. The Morgan fingerprint density at radius 3 is 1.54 bits per heavy atom. The summed E-state index contributed by atoms with van der Waals surface area (Å²) in [7, 11) is 0. The van der Waals surface area contributed by atoms with Crippen molar-refractivity contribution < 1.29 is 4.79 Å². The van der Waals surface area contributed by atoms with Crippen LogP contribution in [0.25, 0.3) is 0 Å². The zero-order valence-corrected chi connectivity index (χ0v) is 18.9. The summed E-state index contributed by atoms with van der Waals surface area (Å²) in [5, 5.41) is 0. The van der Waals surface area contributed by atoms with E-state index in [9.17, 15) is 4.79 Å². The first-order valence-electron chi connectivity index (χ1n) is 11.6. The lowest BCUT2D eigenvalue weighted by Gasteiger charge is -2.38. The fourth-order valence-corrected chi connectivity index (χ4v) is 3.97. The first-order valence-corrected chi connectivity index (χ1v) is 11.6. The molecule has 0 aliphatic heterocycles. The first-order chi connectivity index (χ1) is 12.6. The van der Waals surface area contributed by atoms with Crippen molar-refractivity contribution in [2.75, 3.05) is 19.6 Å². The van der Waals surface area contributed by atoms with Gasteiger partial charge in [0.25, 0.3) is 0 Å². The van der Waals surface area contributed by atoms with E-state index in [1.54, 1.807) is 0 Å². The van der Waals surface area contributed by atoms with Crippen LogP contribution in [0.1, 0.15) is 112 Å². The molecule has 0 aromatic rings. The van der Waals surface area contributed by atoms with E-state index in [0.29, 0.717) is 24.4 Å². The molecule has 0 bridgehead atoms. The molecule has 0 saturated heterocycles. The van der Waals surface area contributed by atoms with Crippen LogP contribution in [-0.2, 0) is 4.79 Å². The van der Waals surface area contributed by atoms with E-state index in [2.05, 4.69) is 51.3 Å². The molecule has 26 heavy (non-hydrogen) atoms. The van der Waals surface area contributed by atoms with Gasteiger partial charge in [0, 0.05) is 25.0 Å². The lowest BCUT2D eigenvalue weighted by atomic mass is 9.97. The minimum Gasteiger partial charge on any atom is -0.337 e. The van der Waals surface area contributed by atoms with E-state index in [4.69, 9.17) is 0 Å². The second-order valence-electron chi connectivity index (χ2n) is 7.69. The normalized spacial score (nSPS) is 13.8. The quantitative estimate of drug-likeness (QED) is 0.283. The van der Waals surface area contributed by atoms with Gasteiger partial charge in [-0.25, -0.2) is 0 Å². The lowest BCUT2D eigenvalue weighted by Crippen LogP contribution is -2.48. The summed E-state index contributed by atoms with van der Waals surface area (Å²) in [5.41, 5.74) is 0. The standard InChI is InChI=1S/C23H48N2O/c1-7-13-15-17-21(9-3)25(22(10-4)18-16-14-8-2)23(26)19-20-24(11-5)12-6/h21-22H,7-20H2,1-6H3. The number of nitrogens with zero attached hydrogens (tertiary/aromatic N) is 2. The summed E-state index contributed by atoms with van der Waals surface area (Å²) >= 11 is 0. The molecule has 1 amide bonds. The molecule has 0 aromatic carbocycles. The molecule has 0 saturated carbocycles. The molecule has 0 aromatic heterocycles. The number of amides is 1. The highest BCUT2D eigenvalue weighted by Gasteiger charge is 2.28. The maximum absolute atomic E-state index is 13.2. The van der Waals surface area contributed by atoms with Crippen molar-refractivity contribution in [3.05, 3.63) is 0 Å². The Kier molecular flexibility index (Phi) is 16.2. The highest BCUT2D eigenvalue weighted by atomic mass is 16.2. The van der Waals surface area contributed by atoms with Gasteiger partial charge < -0.3 is 9.80 Å². The van der Waals surface area contributed by atoms with Crippen LogP contribution < -0.4 is 0 Å². The predicted molar refractivity (Wildman–Crippen MR) is 116 cm³/mol. The number of unbranched alkanes of at least 4 members (excludes halogenated alkanes) is 4. The zero-order valence-electron chi connectivity index (χ0n) is 18.9. The average molecular weight is 369 g/mol. The van der Waals surface area contributed by atoms with Gasteiger partial charge in [0.2, 0.25) is 5.91 Å². The average Bonchev–Trinajstić information content (AvgIpc) is 2.66. The summed E-state index contributed by atoms with van der Waals surface area (Å²) in [4.78, 5) is 17.9. The van der Waals surface area contributed by atoms with Gasteiger partial charge >= 0.3 is 0 Å². The van der Waals surface area contributed by atoms with Gasteiger partial charge in [0.05, 0.1) is 0 Å². The topological polar surface area (TPSA) is 23.6 Å². The highest BCUT2D eigenvalue weighted by molar-refractivity contribution is 5.77. The molecular formula is C23H48N2O. The first kappa shape index (κ1) is 25.4. The van der Waals surface area contributed by atoms with Gasteiger partial charge in [-0.3, -0.25) is 4.79 Å². The minimum atomic E-state index is 0.392. The van der Waals surface area contributed by atoms with Crippen molar-refractivity contribution in [3.8, 4) is 0 Å². The third kappa shape index (κ3) is 9.94. The molecule has 3 nitrogen and oxygen atoms in total. The maximum atomic E-state index is 13.2. The van der Waals surface area contributed by atoms with Crippen LogP contribution in [0, 0.1) is 0 Å². The van der Waals surface area contributed by atoms with Gasteiger partial charge in [-0.05, 0) is 38.8 Å². The van der Waals surface area contributed by atoms with Gasteiger partial charge in [-0.2, -0.15) is 0 Å². The Bertz CT molecular complexity index is 310. The third-order valence-corrected chi connectivity index (χ3v) is 5.84. The van der Waals surface area contributed by atoms with Crippen LogP contribution in [0.5, 0.6) is 0 Å². The molecule has 0 spiro atoms. The molecule has 0 aliphatic carbocycles. The number of rotatable bonds is 17. The number of hydrogen-bond donors (Lipinski definition) is 0. The lowest BCUT2D eigenvalue weighted by molar-refractivity contribution is -0.137. The van der Waals surface area contributed by atoms with Gasteiger partial charge in [-0.1, -0.05) is 80.1 Å². The molecule has 0 radical (unpaired) electrons. The van der Waals surface area contributed by atoms with Crippen molar-refractivity contribution in [1.82, 2.24) is 9.80 Å². The summed E-state index contributed by atoms with van der Waals surface area (Å²) in [6.07, 6.45) is 12.8. The summed E-state index contributed by atoms with van der Waals surface area (Å²) in [6, 6.07) is 0.856. The van der Waals surface area contributed by atoms with E-state index < -0.39 is 0 Å². The highest BCUT2D eigenvalue weighted by Crippen LogP contribution is 2.23. The van der Waals surface area contributed by atoms with Crippen molar-refractivity contribution >= 4 is 5.91 Å². The van der Waals surface area contributed by atoms with Crippen LogP contribution in [0.3, 0.4) is 0 Å². The fraction of sp³-hybridized carbons (Fsp3) is 0.957. The van der Waals surface area contributed by atoms with Crippen LogP contribution in [0.2, 0.25) is 0 Å². The Labute approximate surface area is 164 Å². The Morgan fingerprint density at radius 2 is 1.19 bits per heavy atom. The molecule has 156 valence electrons. The maximum Gasteiger partial charge on any atom is 0.224 e. The molecule has 0 N–H and O–H groups in total. The molecular weight excluding hydrogens is 320 g/mol. The van der Waals surface area contributed by atoms with E-state index in [1.165, 1.54) is 51.4 Å². The fourth-order valence-electron chi connectivity index (χ4n) is 3.97. The molecule has 0 fully saturated rings. The van der Waals surface area contributed by atoms with Gasteiger partial charge in [-0.15, -0.1) is 0 Å². The molecule has 3 heteroatoms. The van der Waals surface area contributed by atoms with E-state index in [0.717, 1.165) is 32.5 Å². The monoisotopic (exact) mass is 368 g/mol. The molecule has 0 aliphatic rings. The Hall–Kier alpha value is -0.570. The van der Waals surface area contributed by atoms with E-state index in [-0.39, 0.29) is 0 Å². The van der Waals surface area contributed by atoms with Crippen LogP contribution in [0.4, 0.5) is 0 Å². The summed E-state index contributed by atoms with van der Waals surface area (Å²) < 4.78 is 0. The largest absolute Gasteiger partial charge is 0.337 e. The van der Waals surface area contributed by atoms with E-state index >= 15 is 0 Å². The van der Waals surface area contributed by atoms with Crippen LogP contribution in [0.15, 0.2) is 0 Å². The van der Waals surface area contributed by atoms with E-state index in [1.807, 2.05) is 0 Å². The number of hydrogen-bond acceptors (Lipinski definition) is 2. The number of carbonyl (C=O) groups excluding carboxylic acids is 1. The smallest absolute Gasteiger partial charge is 0.224 e. The van der Waals surface area contributed by atoms with Crippen LogP contribution in [-0.4, -0.2) is 47.4 Å². The van der Waals surface area contributed by atoms with Gasteiger partial charge in [0.1, 0.15) is 0 Å². The van der Waals surface area contributed by atoms with Crippen molar-refractivity contribution in [2.24, 2.45) is 0 Å². The molecule has 0 heterocycles. The van der Waals surface area contributed by atoms with Crippen molar-refractivity contribution in [2.45, 2.75) is 124 Å². The Morgan fingerprint density at radius 1 is 0.731 bits per heavy atom. The predicted octanol–water partition coefficient (Wildman–Crippen LogP) is 6.26. The van der Waals surface area contributed by atoms with Crippen molar-refractivity contribution in [1.29, 1.82) is 0 Å². The van der Waals surface area contributed by atoms with Crippen LogP contribution >= 0.6 is 0 Å². The molecule has 2 unspecified atom stereocenters.